The average molecular weight is 367 g/mol. The molecule has 1 unspecified atom stereocenters. The van der Waals surface area contributed by atoms with Gasteiger partial charge in [0.1, 0.15) is 11.5 Å². The summed E-state index contributed by atoms with van der Waals surface area (Å²) in [7, 11) is 0. The Hall–Kier alpha value is -2.43. The third-order valence-electron chi connectivity index (χ3n) is 5.33. The Labute approximate surface area is 162 Å². The summed E-state index contributed by atoms with van der Waals surface area (Å²) in [5.41, 5.74) is 1.68. The summed E-state index contributed by atoms with van der Waals surface area (Å²) in [6, 6.07) is 11.0. The zero-order valence-electron chi connectivity index (χ0n) is 16.6. The van der Waals surface area contributed by atoms with Crippen LogP contribution in [0.2, 0.25) is 0 Å². The standard InChI is InChI=1S/C22H30N4O/c1-4-19-12-8-9-13-25(19)22(27)20-14-24-21(15-23-20)26(17(2)3)16-18-10-6-5-7-11-18/h5-7,10-11,14-15,17,19H,4,8-9,12-13,16H2,1-3H3. The fourth-order valence-electron chi connectivity index (χ4n) is 3.73. The lowest BCUT2D eigenvalue weighted by atomic mass is 10.00. The van der Waals surface area contributed by atoms with E-state index >= 15 is 0 Å². The molecule has 144 valence electrons. The molecule has 1 atom stereocenters. The number of nitrogens with zero attached hydrogens (tertiary/aromatic N) is 4. The first kappa shape index (κ1) is 19.3. The van der Waals surface area contributed by atoms with Crippen LogP contribution in [0, 0.1) is 0 Å². The minimum Gasteiger partial charge on any atom is -0.349 e. The van der Waals surface area contributed by atoms with Crippen LogP contribution in [0.4, 0.5) is 5.82 Å². The first-order valence-electron chi connectivity index (χ1n) is 10.0. The first-order chi connectivity index (χ1) is 13.1. The van der Waals surface area contributed by atoms with E-state index in [1.165, 1.54) is 12.0 Å². The first-order valence-corrected chi connectivity index (χ1v) is 10.0. The van der Waals surface area contributed by atoms with Crippen molar-refractivity contribution in [2.24, 2.45) is 0 Å². The van der Waals surface area contributed by atoms with E-state index in [1.54, 1.807) is 12.4 Å². The quantitative estimate of drug-likeness (QED) is 0.765. The molecule has 1 aliphatic heterocycles. The zero-order chi connectivity index (χ0) is 19.2. The SMILES string of the molecule is CCC1CCCCN1C(=O)c1cnc(N(Cc2ccccc2)C(C)C)cn1. The molecule has 1 aromatic carbocycles. The smallest absolute Gasteiger partial charge is 0.274 e. The number of likely N-dealkylation sites (tertiary alicyclic amines) is 1. The molecule has 1 amide bonds. The molecule has 1 aliphatic rings. The van der Waals surface area contributed by atoms with Gasteiger partial charge in [0.2, 0.25) is 0 Å². The van der Waals surface area contributed by atoms with Crippen LogP contribution in [0.25, 0.3) is 0 Å². The maximum absolute atomic E-state index is 12.9. The van der Waals surface area contributed by atoms with Gasteiger partial charge in [-0.15, -0.1) is 0 Å². The second kappa shape index (κ2) is 8.98. The summed E-state index contributed by atoms with van der Waals surface area (Å²) in [5, 5.41) is 0. The normalized spacial score (nSPS) is 17.2. The average Bonchev–Trinajstić information content (AvgIpc) is 2.72. The predicted octanol–water partition coefficient (Wildman–Crippen LogP) is 4.30. The predicted molar refractivity (Wildman–Crippen MR) is 109 cm³/mol. The molecule has 2 heterocycles. The lowest BCUT2D eigenvalue weighted by Gasteiger charge is -2.35. The molecule has 0 saturated carbocycles. The van der Waals surface area contributed by atoms with Crippen molar-refractivity contribution in [3.8, 4) is 0 Å². The van der Waals surface area contributed by atoms with Crippen LogP contribution < -0.4 is 4.90 Å². The van der Waals surface area contributed by atoms with E-state index in [9.17, 15) is 4.79 Å². The minimum atomic E-state index is 0.0137. The molecule has 27 heavy (non-hydrogen) atoms. The molecule has 0 aliphatic carbocycles. The van der Waals surface area contributed by atoms with Crippen LogP contribution in [0.5, 0.6) is 0 Å². The van der Waals surface area contributed by atoms with E-state index in [0.29, 0.717) is 11.7 Å². The summed E-state index contributed by atoms with van der Waals surface area (Å²) < 4.78 is 0. The Balaban J connectivity index is 1.75. The van der Waals surface area contributed by atoms with E-state index in [0.717, 1.165) is 38.2 Å². The number of hydrogen-bond donors (Lipinski definition) is 0. The van der Waals surface area contributed by atoms with Crippen LogP contribution >= 0.6 is 0 Å². The Morgan fingerprint density at radius 3 is 2.59 bits per heavy atom. The van der Waals surface area contributed by atoms with Gasteiger partial charge < -0.3 is 9.80 Å². The van der Waals surface area contributed by atoms with Gasteiger partial charge in [-0.25, -0.2) is 9.97 Å². The summed E-state index contributed by atoms with van der Waals surface area (Å²) in [4.78, 5) is 26.1. The van der Waals surface area contributed by atoms with Crippen molar-refractivity contribution in [3.05, 3.63) is 54.0 Å². The fourth-order valence-corrected chi connectivity index (χ4v) is 3.73. The van der Waals surface area contributed by atoms with Crippen molar-refractivity contribution < 1.29 is 4.79 Å². The van der Waals surface area contributed by atoms with Crippen molar-refractivity contribution in [2.45, 2.75) is 65.1 Å². The van der Waals surface area contributed by atoms with Crippen molar-refractivity contribution >= 4 is 11.7 Å². The highest BCUT2D eigenvalue weighted by atomic mass is 16.2. The molecular weight excluding hydrogens is 336 g/mol. The van der Waals surface area contributed by atoms with Gasteiger partial charge in [0.15, 0.2) is 0 Å². The number of rotatable bonds is 6. The third kappa shape index (κ3) is 4.65. The van der Waals surface area contributed by atoms with Gasteiger partial charge >= 0.3 is 0 Å². The molecule has 5 heteroatoms. The van der Waals surface area contributed by atoms with Crippen LogP contribution in [0.3, 0.4) is 0 Å². The molecule has 1 fully saturated rings. The minimum absolute atomic E-state index is 0.0137. The topological polar surface area (TPSA) is 49.3 Å². The molecule has 3 rings (SSSR count). The molecule has 0 N–H and O–H groups in total. The van der Waals surface area contributed by atoms with Gasteiger partial charge in [0.25, 0.3) is 5.91 Å². The fraction of sp³-hybridized carbons (Fsp3) is 0.500. The number of aromatic nitrogens is 2. The molecule has 2 aromatic rings. The largest absolute Gasteiger partial charge is 0.349 e. The Kier molecular flexibility index (Phi) is 6.43. The van der Waals surface area contributed by atoms with Gasteiger partial charge in [0.05, 0.1) is 12.4 Å². The van der Waals surface area contributed by atoms with Gasteiger partial charge in [-0.05, 0) is 45.1 Å². The van der Waals surface area contributed by atoms with Gasteiger partial charge in [0, 0.05) is 25.2 Å². The number of carbonyl (C=O) groups is 1. The maximum atomic E-state index is 12.9. The number of amides is 1. The second-order valence-electron chi connectivity index (χ2n) is 7.52. The van der Waals surface area contributed by atoms with Crippen molar-refractivity contribution in [3.63, 3.8) is 0 Å². The van der Waals surface area contributed by atoms with Gasteiger partial charge in [-0.1, -0.05) is 37.3 Å². The summed E-state index contributed by atoms with van der Waals surface area (Å²) in [5.74, 6) is 0.816. The Morgan fingerprint density at radius 1 is 1.19 bits per heavy atom. The van der Waals surface area contributed by atoms with E-state index < -0.39 is 0 Å². The van der Waals surface area contributed by atoms with Crippen LogP contribution in [0.15, 0.2) is 42.7 Å². The summed E-state index contributed by atoms with van der Waals surface area (Å²) in [6.07, 6.45) is 7.74. The van der Waals surface area contributed by atoms with Crippen molar-refractivity contribution in [2.75, 3.05) is 11.4 Å². The Morgan fingerprint density at radius 2 is 1.96 bits per heavy atom. The van der Waals surface area contributed by atoms with Gasteiger partial charge in [-0.3, -0.25) is 4.79 Å². The third-order valence-corrected chi connectivity index (χ3v) is 5.33. The van der Waals surface area contributed by atoms with Crippen LogP contribution in [-0.2, 0) is 6.54 Å². The van der Waals surface area contributed by atoms with E-state index in [2.05, 4.69) is 47.8 Å². The number of piperidine rings is 1. The summed E-state index contributed by atoms with van der Waals surface area (Å²) in [6.45, 7) is 8.03. The molecule has 5 nitrogen and oxygen atoms in total. The highest BCUT2D eigenvalue weighted by Crippen LogP contribution is 2.22. The molecular formula is C22H30N4O. The Bertz CT molecular complexity index is 730. The van der Waals surface area contributed by atoms with E-state index in [4.69, 9.17) is 0 Å². The molecule has 1 saturated heterocycles. The maximum Gasteiger partial charge on any atom is 0.274 e. The zero-order valence-corrected chi connectivity index (χ0v) is 16.6. The highest BCUT2D eigenvalue weighted by Gasteiger charge is 2.27. The number of anilines is 1. The molecule has 0 radical (unpaired) electrons. The van der Waals surface area contributed by atoms with E-state index in [-0.39, 0.29) is 11.9 Å². The molecule has 1 aromatic heterocycles. The number of carbonyl (C=O) groups excluding carboxylic acids is 1. The molecule has 0 bridgehead atoms. The number of benzene rings is 1. The van der Waals surface area contributed by atoms with Gasteiger partial charge in [-0.2, -0.15) is 0 Å². The highest BCUT2D eigenvalue weighted by molar-refractivity contribution is 5.92. The van der Waals surface area contributed by atoms with Crippen molar-refractivity contribution in [1.82, 2.24) is 14.9 Å². The van der Waals surface area contributed by atoms with E-state index in [1.807, 2.05) is 23.1 Å². The van der Waals surface area contributed by atoms with Crippen molar-refractivity contribution in [1.29, 1.82) is 0 Å². The monoisotopic (exact) mass is 366 g/mol. The summed E-state index contributed by atoms with van der Waals surface area (Å²) >= 11 is 0. The van der Waals surface area contributed by atoms with Crippen LogP contribution in [0.1, 0.15) is 62.5 Å². The number of hydrogen-bond acceptors (Lipinski definition) is 4. The lowest BCUT2D eigenvalue weighted by Crippen LogP contribution is -2.43. The van der Waals surface area contributed by atoms with Crippen LogP contribution in [-0.4, -0.2) is 39.4 Å². The molecule has 0 spiro atoms. The second-order valence-corrected chi connectivity index (χ2v) is 7.52. The lowest BCUT2D eigenvalue weighted by molar-refractivity contribution is 0.0601.